The predicted octanol–water partition coefficient (Wildman–Crippen LogP) is 3.36. The van der Waals surface area contributed by atoms with E-state index in [-0.39, 0.29) is 17.9 Å². The molecule has 2 amide bonds. The van der Waals surface area contributed by atoms with Crippen molar-refractivity contribution in [2.45, 2.75) is 44.3 Å². The number of halogens is 1. The lowest BCUT2D eigenvalue weighted by Gasteiger charge is -2.49. The highest BCUT2D eigenvalue weighted by molar-refractivity contribution is 5.98. The molecule has 188 valence electrons. The van der Waals surface area contributed by atoms with E-state index < -0.39 is 35.3 Å². The molecule has 1 aromatic carbocycles. The number of piperidine rings is 1. The van der Waals surface area contributed by atoms with Crippen LogP contribution in [0.3, 0.4) is 0 Å². The highest BCUT2D eigenvalue weighted by atomic mass is 19.1. The monoisotopic (exact) mass is 494 g/mol. The molecule has 0 aliphatic carbocycles. The molecule has 3 aromatic rings. The third kappa shape index (κ3) is 4.86. The quantitative estimate of drug-likeness (QED) is 0.433. The van der Waals surface area contributed by atoms with Crippen LogP contribution in [-0.4, -0.2) is 53.7 Å². The number of hydrogen-bond donors (Lipinski definition) is 3. The van der Waals surface area contributed by atoms with E-state index in [1.807, 2.05) is 12.3 Å². The van der Waals surface area contributed by atoms with Crippen molar-refractivity contribution in [3.8, 4) is 6.07 Å². The fourth-order valence-electron chi connectivity index (χ4n) is 4.92. The predicted molar refractivity (Wildman–Crippen MR) is 128 cm³/mol. The Kier molecular flexibility index (Phi) is 6.91. The number of aromatic nitrogens is 4. The lowest BCUT2D eigenvalue weighted by Crippen LogP contribution is -2.59. The second kappa shape index (κ2) is 10.1. The molecular weight excluding hydrogens is 467 g/mol. The van der Waals surface area contributed by atoms with Crippen LogP contribution in [0.1, 0.15) is 42.6 Å². The molecule has 36 heavy (non-hydrogen) atoms. The van der Waals surface area contributed by atoms with Crippen molar-refractivity contribution in [1.82, 2.24) is 24.5 Å². The molecular formula is C24H27FN8O3. The number of aryl methyl sites for hydroxylation is 1. The van der Waals surface area contributed by atoms with Crippen LogP contribution >= 0.6 is 0 Å². The number of nitriles is 1. The van der Waals surface area contributed by atoms with Gasteiger partial charge in [0.1, 0.15) is 11.4 Å². The lowest BCUT2D eigenvalue weighted by atomic mass is 9.73. The summed E-state index contributed by atoms with van der Waals surface area (Å²) in [5, 5.41) is 31.8. The first-order valence-electron chi connectivity index (χ1n) is 11.5. The third-order valence-electron chi connectivity index (χ3n) is 6.76. The Morgan fingerprint density at radius 3 is 2.72 bits per heavy atom. The summed E-state index contributed by atoms with van der Waals surface area (Å²) in [7, 11) is 0. The number of nitrogens with two attached hydrogens (primary N) is 1. The number of nitrogens with zero attached hydrogens (tertiary/aromatic N) is 6. The molecule has 0 saturated carbocycles. The third-order valence-corrected chi connectivity index (χ3v) is 6.76. The minimum atomic E-state index is -1.09. The van der Waals surface area contributed by atoms with Crippen LogP contribution in [0.2, 0.25) is 0 Å². The number of nitrogens with one attached hydrogen (secondary N) is 1. The Bertz CT molecular complexity index is 1270. The van der Waals surface area contributed by atoms with Crippen molar-refractivity contribution in [1.29, 1.82) is 5.26 Å². The van der Waals surface area contributed by atoms with Crippen molar-refractivity contribution < 1.29 is 19.1 Å². The van der Waals surface area contributed by atoms with E-state index in [1.54, 1.807) is 17.8 Å². The van der Waals surface area contributed by atoms with Crippen molar-refractivity contribution in [3.63, 3.8) is 0 Å². The number of carbonyl (C=O) groups is 2. The van der Waals surface area contributed by atoms with E-state index in [2.05, 4.69) is 21.6 Å². The van der Waals surface area contributed by atoms with Gasteiger partial charge in [-0.05, 0) is 56.5 Å². The van der Waals surface area contributed by atoms with Crippen LogP contribution in [0.4, 0.5) is 20.7 Å². The number of benzene rings is 1. The molecule has 0 bridgehead atoms. The smallest absolute Gasteiger partial charge is 0.407 e. The number of likely N-dealkylation sites (tertiary alicyclic amines) is 1. The summed E-state index contributed by atoms with van der Waals surface area (Å²) in [6, 6.07) is 9.17. The highest BCUT2D eigenvalue weighted by Crippen LogP contribution is 2.43. The molecule has 1 aliphatic heterocycles. The zero-order valence-electron chi connectivity index (χ0n) is 19.7. The van der Waals surface area contributed by atoms with E-state index in [1.165, 1.54) is 40.0 Å². The van der Waals surface area contributed by atoms with Crippen molar-refractivity contribution >= 4 is 23.5 Å². The summed E-state index contributed by atoms with van der Waals surface area (Å²) in [6.45, 7) is 2.56. The second-order valence-corrected chi connectivity index (χ2v) is 8.99. The van der Waals surface area contributed by atoms with Gasteiger partial charge in [-0.15, -0.1) is 0 Å². The molecule has 11 nitrogen and oxygen atoms in total. The molecule has 0 spiro atoms. The molecule has 3 atom stereocenters. The van der Waals surface area contributed by atoms with Crippen LogP contribution in [-0.2, 0) is 6.54 Å². The second-order valence-electron chi connectivity index (χ2n) is 8.99. The number of hydrogen-bond acceptors (Lipinski definition) is 6. The molecule has 4 N–H and O–H groups in total. The van der Waals surface area contributed by atoms with E-state index in [9.17, 15) is 24.3 Å². The summed E-state index contributed by atoms with van der Waals surface area (Å²) in [5.41, 5.74) is 5.19. The molecule has 3 heterocycles. The van der Waals surface area contributed by atoms with Crippen molar-refractivity contribution in [3.05, 3.63) is 60.3 Å². The summed E-state index contributed by atoms with van der Waals surface area (Å²) in [5.74, 6) is -1.70. The van der Waals surface area contributed by atoms with Crippen molar-refractivity contribution in [2.24, 2.45) is 11.7 Å². The topological polar surface area (TPSA) is 155 Å². The van der Waals surface area contributed by atoms with Gasteiger partial charge in [-0.2, -0.15) is 15.5 Å². The fraction of sp³-hybridized carbons (Fsp3) is 0.375. The summed E-state index contributed by atoms with van der Waals surface area (Å²) < 4.78 is 16.6. The molecule has 2 aromatic heterocycles. The van der Waals surface area contributed by atoms with Gasteiger partial charge >= 0.3 is 6.09 Å². The zero-order valence-corrected chi connectivity index (χ0v) is 19.7. The highest BCUT2D eigenvalue weighted by Gasteiger charge is 2.50. The standard InChI is InChI=1S/C24H27FN8O3/c1-24(9-2-11-31-12-3-10-28-31)19(14-26)20(8-13-32(24)23(35)36)33-15-18(21(27)34)22(30-33)29-17-6-4-16(25)5-7-17/h3-7,10,12,15,19-20H,2,8-9,11,13H2,1H3,(H2,27,34)(H,29,30)(H,35,36). The maximum absolute atomic E-state index is 13.3. The van der Waals surface area contributed by atoms with Crippen LogP contribution in [0.5, 0.6) is 0 Å². The number of anilines is 2. The Hall–Kier alpha value is -4.40. The first-order chi connectivity index (χ1) is 17.2. The van der Waals surface area contributed by atoms with Gasteiger partial charge in [-0.25, -0.2) is 9.18 Å². The van der Waals surface area contributed by atoms with Gasteiger partial charge in [0, 0.05) is 37.4 Å². The number of carboxylic acid groups (broad SMARTS) is 1. The Labute approximate surface area is 206 Å². The normalized spacial score (nSPS) is 21.6. The average Bonchev–Trinajstić information content (AvgIpc) is 3.50. The Morgan fingerprint density at radius 1 is 1.36 bits per heavy atom. The number of amides is 2. The molecule has 4 rings (SSSR count). The molecule has 1 aliphatic rings. The van der Waals surface area contributed by atoms with Crippen molar-refractivity contribution in [2.75, 3.05) is 11.9 Å². The Balaban J connectivity index is 1.63. The first kappa shape index (κ1) is 24.7. The van der Waals surface area contributed by atoms with Crippen LogP contribution in [0.15, 0.2) is 48.9 Å². The Morgan fingerprint density at radius 2 is 2.11 bits per heavy atom. The number of carbonyl (C=O) groups excluding carboxylic acids is 1. The van der Waals surface area contributed by atoms with Gasteiger partial charge in [-0.1, -0.05) is 0 Å². The van der Waals surface area contributed by atoms with Crippen LogP contribution < -0.4 is 11.1 Å². The molecule has 3 unspecified atom stereocenters. The van der Waals surface area contributed by atoms with Gasteiger partial charge in [0.2, 0.25) is 0 Å². The van der Waals surface area contributed by atoms with Gasteiger partial charge in [0.25, 0.3) is 5.91 Å². The largest absolute Gasteiger partial charge is 0.465 e. The number of primary amides is 1. The fourth-order valence-corrected chi connectivity index (χ4v) is 4.92. The van der Waals surface area contributed by atoms with Crippen LogP contribution in [0, 0.1) is 23.1 Å². The average molecular weight is 495 g/mol. The maximum Gasteiger partial charge on any atom is 0.407 e. The van der Waals surface area contributed by atoms with E-state index in [0.29, 0.717) is 31.5 Å². The summed E-state index contributed by atoms with van der Waals surface area (Å²) in [4.78, 5) is 25.6. The maximum atomic E-state index is 13.3. The van der Waals surface area contributed by atoms with Gasteiger partial charge in [0.05, 0.1) is 23.6 Å². The minimum Gasteiger partial charge on any atom is -0.465 e. The molecule has 0 radical (unpaired) electrons. The minimum absolute atomic E-state index is 0.108. The van der Waals surface area contributed by atoms with E-state index in [4.69, 9.17) is 5.73 Å². The van der Waals surface area contributed by atoms with E-state index in [0.717, 1.165) is 0 Å². The van der Waals surface area contributed by atoms with Gasteiger partial charge in [-0.3, -0.25) is 14.2 Å². The molecule has 12 heteroatoms. The van der Waals surface area contributed by atoms with Gasteiger partial charge in [0.15, 0.2) is 5.82 Å². The molecule has 1 saturated heterocycles. The summed E-state index contributed by atoms with van der Waals surface area (Å²) >= 11 is 0. The van der Waals surface area contributed by atoms with Gasteiger partial charge < -0.3 is 21.1 Å². The SMILES string of the molecule is CC1(CCCn2cccn2)C(C#N)C(n2cc(C(N)=O)c(Nc3ccc(F)cc3)n2)CCN1C(=O)O. The summed E-state index contributed by atoms with van der Waals surface area (Å²) in [6.07, 6.45) is 5.25. The molecule has 1 fully saturated rings. The first-order valence-corrected chi connectivity index (χ1v) is 11.5. The zero-order chi connectivity index (χ0) is 25.9. The lowest BCUT2D eigenvalue weighted by molar-refractivity contribution is 0.00108. The number of rotatable bonds is 8. The van der Waals surface area contributed by atoms with E-state index >= 15 is 0 Å². The van der Waals surface area contributed by atoms with Crippen LogP contribution in [0.25, 0.3) is 0 Å².